The van der Waals surface area contributed by atoms with Gasteiger partial charge in [-0.05, 0) is 42.5 Å². The average molecular weight is 377 g/mol. The van der Waals surface area contributed by atoms with E-state index in [0.29, 0.717) is 28.0 Å². The SMILES string of the molecule is O=C(CCNc1cc(Cl)ccc1Cl)Nc1ccc(C(F)(F)F)cc1. The maximum Gasteiger partial charge on any atom is 0.416 e. The lowest BCUT2D eigenvalue weighted by Crippen LogP contribution is -2.16. The summed E-state index contributed by atoms with van der Waals surface area (Å²) in [5.74, 6) is -0.333. The highest BCUT2D eigenvalue weighted by atomic mass is 35.5. The summed E-state index contributed by atoms with van der Waals surface area (Å²) in [4.78, 5) is 11.8. The van der Waals surface area contributed by atoms with E-state index in [-0.39, 0.29) is 12.3 Å². The Bertz CT molecular complexity index is 718. The first-order chi connectivity index (χ1) is 11.3. The monoisotopic (exact) mass is 376 g/mol. The van der Waals surface area contributed by atoms with Crippen LogP contribution in [0.25, 0.3) is 0 Å². The first kappa shape index (κ1) is 18.4. The van der Waals surface area contributed by atoms with Crippen LogP contribution in [0.5, 0.6) is 0 Å². The van der Waals surface area contributed by atoms with Crippen LogP contribution in [0.15, 0.2) is 42.5 Å². The maximum absolute atomic E-state index is 12.5. The Morgan fingerprint density at radius 2 is 1.71 bits per heavy atom. The van der Waals surface area contributed by atoms with E-state index in [1.54, 1.807) is 18.2 Å². The lowest BCUT2D eigenvalue weighted by Gasteiger charge is -2.10. The van der Waals surface area contributed by atoms with Gasteiger partial charge in [-0.25, -0.2) is 0 Å². The molecule has 0 aliphatic heterocycles. The molecule has 0 saturated heterocycles. The number of carbonyl (C=O) groups excluding carboxylic acids is 1. The predicted molar refractivity (Wildman–Crippen MR) is 89.6 cm³/mol. The van der Waals surface area contributed by atoms with E-state index in [4.69, 9.17) is 23.2 Å². The Morgan fingerprint density at radius 1 is 1.04 bits per heavy atom. The standard InChI is InChI=1S/C16H13Cl2F3N2O/c17-11-3-6-13(18)14(9-11)22-8-7-15(24)23-12-4-1-10(2-5-12)16(19,20)21/h1-6,9,22H,7-8H2,(H,23,24). The van der Waals surface area contributed by atoms with E-state index in [1.165, 1.54) is 12.1 Å². The van der Waals surface area contributed by atoms with Gasteiger partial charge in [-0.15, -0.1) is 0 Å². The fourth-order valence-electron chi connectivity index (χ4n) is 1.91. The minimum atomic E-state index is -4.40. The number of hydrogen-bond donors (Lipinski definition) is 2. The lowest BCUT2D eigenvalue weighted by molar-refractivity contribution is -0.137. The number of nitrogens with one attached hydrogen (secondary N) is 2. The fraction of sp³-hybridized carbons (Fsp3) is 0.188. The van der Waals surface area contributed by atoms with Crippen molar-refractivity contribution in [3.8, 4) is 0 Å². The minimum Gasteiger partial charge on any atom is -0.383 e. The summed E-state index contributed by atoms with van der Waals surface area (Å²) in [6.45, 7) is 0.298. The van der Waals surface area contributed by atoms with Crippen LogP contribution in [0.2, 0.25) is 10.0 Å². The van der Waals surface area contributed by atoms with E-state index in [2.05, 4.69) is 10.6 Å². The molecule has 2 rings (SSSR count). The van der Waals surface area contributed by atoms with Crippen LogP contribution in [-0.4, -0.2) is 12.5 Å². The molecule has 0 aliphatic carbocycles. The molecule has 2 aromatic rings. The second kappa shape index (κ2) is 7.77. The van der Waals surface area contributed by atoms with Gasteiger partial charge in [-0.1, -0.05) is 23.2 Å². The molecular formula is C16H13Cl2F3N2O. The van der Waals surface area contributed by atoms with Crippen LogP contribution in [0, 0.1) is 0 Å². The summed E-state index contributed by atoms with van der Waals surface area (Å²) < 4.78 is 37.4. The Morgan fingerprint density at radius 3 is 2.33 bits per heavy atom. The van der Waals surface area contributed by atoms with Gasteiger partial charge < -0.3 is 10.6 Å². The van der Waals surface area contributed by atoms with E-state index < -0.39 is 11.7 Å². The number of hydrogen-bond acceptors (Lipinski definition) is 2. The first-order valence-electron chi connectivity index (χ1n) is 6.92. The summed E-state index contributed by atoms with van der Waals surface area (Å²) >= 11 is 11.8. The third kappa shape index (κ3) is 5.32. The first-order valence-corrected chi connectivity index (χ1v) is 7.67. The third-order valence-corrected chi connectivity index (χ3v) is 3.66. The van der Waals surface area contributed by atoms with Gasteiger partial charge in [-0.2, -0.15) is 13.2 Å². The van der Waals surface area contributed by atoms with Crippen molar-refractivity contribution in [2.75, 3.05) is 17.2 Å². The van der Waals surface area contributed by atoms with Crippen LogP contribution < -0.4 is 10.6 Å². The van der Waals surface area contributed by atoms with Gasteiger partial charge in [0.2, 0.25) is 5.91 Å². The van der Waals surface area contributed by atoms with Gasteiger partial charge in [-0.3, -0.25) is 4.79 Å². The van der Waals surface area contributed by atoms with Gasteiger partial charge in [0.1, 0.15) is 0 Å². The molecule has 0 spiro atoms. The molecule has 0 fully saturated rings. The zero-order valence-corrected chi connectivity index (χ0v) is 13.8. The zero-order valence-electron chi connectivity index (χ0n) is 12.3. The van der Waals surface area contributed by atoms with Gasteiger partial charge in [0.25, 0.3) is 0 Å². The lowest BCUT2D eigenvalue weighted by atomic mass is 10.2. The Kier molecular flexibility index (Phi) is 5.96. The summed E-state index contributed by atoms with van der Waals surface area (Å²) in [5, 5.41) is 6.49. The smallest absolute Gasteiger partial charge is 0.383 e. The molecule has 3 nitrogen and oxygen atoms in total. The van der Waals surface area contributed by atoms with Crippen LogP contribution in [-0.2, 0) is 11.0 Å². The molecule has 0 saturated carbocycles. The van der Waals surface area contributed by atoms with Gasteiger partial charge in [0.15, 0.2) is 0 Å². The highest BCUT2D eigenvalue weighted by Gasteiger charge is 2.29. The number of benzene rings is 2. The molecule has 2 N–H and O–H groups in total. The van der Waals surface area contributed by atoms with Crippen molar-refractivity contribution in [1.82, 2.24) is 0 Å². The number of alkyl halides is 3. The molecule has 24 heavy (non-hydrogen) atoms. The molecule has 128 valence electrons. The molecule has 2 aromatic carbocycles. The summed E-state index contributed by atoms with van der Waals surface area (Å²) in [7, 11) is 0. The topological polar surface area (TPSA) is 41.1 Å². The fourth-order valence-corrected chi connectivity index (χ4v) is 2.27. The number of anilines is 2. The van der Waals surface area contributed by atoms with Crippen molar-refractivity contribution >= 4 is 40.5 Å². The Hall–Kier alpha value is -1.92. The molecule has 0 aliphatic rings. The van der Waals surface area contributed by atoms with Crippen LogP contribution >= 0.6 is 23.2 Å². The summed E-state index contributed by atoms with van der Waals surface area (Å²) in [6, 6.07) is 9.17. The number of halogens is 5. The summed E-state index contributed by atoms with van der Waals surface area (Å²) in [6.07, 6.45) is -4.29. The molecule has 0 radical (unpaired) electrons. The van der Waals surface area contributed by atoms with Crippen molar-refractivity contribution < 1.29 is 18.0 Å². The van der Waals surface area contributed by atoms with Crippen molar-refractivity contribution in [2.24, 2.45) is 0 Å². The quantitative estimate of drug-likeness (QED) is 0.727. The molecule has 0 atom stereocenters. The average Bonchev–Trinajstić information content (AvgIpc) is 2.50. The van der Waals surface area contributed by atoms with E-state index in [0.717, 1.165) is 12.1 Å². The van der Waals surface area contributed by atoms with Gasteiger partial charge in [0.05, 0.1) is 16.3 Å². The normalized spacial score (nSPS) is 11.2. The number of rotatable bonds is 5. The molecule has 0 heterocycles. The van der Waals surface area contributed by atoms with E-state index in [9.17, 15) is 18.0 Å². The van der Waals surface area contributed by atoms with Crippen molar-refractivity contribution in [3.63, 3.8) is 0 Å². The summed E-state index contributed by atoms with van der Waals surface area (Å²) in [5.41, 5.74) is 0.137. The molecular weight excluding hydrogens is 364 g/mol. The molecule has 8 heteroatoms. The second-order valence-corrected chi connectivity index (χ2v) is 5.77. The minimum absolute atomic E-state index is 0.115. The highest BCUT2D eigenvalue weighted by molar-refractivity contribution is 6.35. The molecule has 1 amide bonds. The van der Waals surface area contributed by atoms with Crippen LogP contribution in [0.4, 0.5) is 24.5 Å². The Balaban J connectivity index is 1.84. The number of amides is 1. The van der Waals surface area contributed by atoms with Crippen molar-refractivity contribution in [3.05, 3.63) is 58.1 Å². The number of carbonyl (C=O) groups is 1. The van der Waals surface area contributed by atoms with E-state index >= 15 is 0 Å². The van der Waals surface area contributed by atoms with Gasteiger partial charge >= 0.3 is 6.18 Å². The van der Waals surface area contributed by atoms with E-state index in [1.807, 2.05) is 0 Å². The molecule has 0 aromatic heterocycles. The third-order valence-electron chi connectivity index (χ3n) is 3.09. The Labute approximate surface area is 146 Å². The maximum atomic E-state index is 12.5. The molecule has 0 unspecified atom stereocenters. The predicted octanol–water partition coefficient (Wildman–Crippen LogP) is 5.45. The highest BCUT2D eigenvalue weighted by Crippen LogP contribution is 2.30. The van der Waals surface area contributed by atoms with Gasteiger partial charge in [0, 0.05) is 23.7 Å². The molecule has 0 bridgehead atoms. The van der Waals surface area contributed by atoms with Crippen LogP contribution in [0.1, 0.15) is 12.0 Å². The van der Waals surface area contributed by atoms with Crippen LogP contribution in [0.3, 0.4) is 0 Å². The second-order valence-electron chi connectivity index (χ2n) is 4.92. The van der Waals surface area contributed by atoms with Crippen molar-refractivity contribution in [2.45, 2.75) is 12.6 Å². The zero-order chi connectivity index (χ0) is 17.7. The van der Waals surface area contributed by atoms with Crippen molar-refractivity contribution in [1.29, 1.82) is 0 Å². The largest absolute Gasteiger partial charge is 0.416 e.